The highest BCUT2D eigenvalue weighted by atomic mass is 79.9. The van der Waals surface area contributed by atoms with Crippen LogP contribution in [0.15, 0.2) is 50.7 Å². The van der Waals surface area contributed by atoms with Crippen molar-refractivity contribution in [1.29, 1.82) is 0 Å². The van der Waals surface area contributed by atoms with Gasteiger partial charge in [0.05, 0.1) is 11.6 Å². The minimum Gasteiger partial charge on any atom is -0.503 e. The number of aromatic nitrogens is 1. The molecule has 2 aromatic rings. The summed E-state index contributed by atoms with van der Waals surface area (Å²) in [6.45, 7) is 7.22. The summed E-state index contributed by atoms with van der Waals surface area (Å²) in [5, 5.41) is 14.3. The van der Waals surface area contributed by atoms with Gasteiger partial charge in [-0.05, 0) is 24.6 Å². The normalized spacial score (nSPS) is 18.0. The molecular weight excluding hydrogens is 400 g/mol. The molecule has 0 spiro atoms. The number of anilines is 1. The fourth-order valence-corrected chi connectivity index (χ4v) is 3.16. The van der Waals surface area contributed by atoms with E-state index < -0.39 is 17.7 Å². The second-order valence-electron chi connectivity index (χ2n) is 7.25. The van der Waals surface area contributed by atoms with Crippen LogP contribution in [-0.4, -0.2) is 22.0 Å². The summed E-state index contributed by atoms with van der Waals surface area (Å²) in [4.78, 5) is 26.1. The van der Waals surface area contributed by atoms with Crippen molar-refractivity contribution in [3.8, 4) is 0 Å². The minimum atomic E-state index is -0.758. The number of benzene rings is 1. The second kappa shape index (κ2) is 6.39. The number of ketones is 1. The van der Waals surface area contributed by atoms with Crippen molar-refractivity contribution in [2.24, 2.45) is 0 Å². The van der Waals surface area contributed by atoms with Crippen LogP contribution in [0.4, 0.5) is 5.82 Å². The van der Waals surface area contributed by atoms with Crippen molar-refractivity contribution >= 4 is 33.4 Å². The van der Waals surface area contributed by atoms with Gasteiger partial charge in [-0.1, -0.05) is 54.0 Å². The summed E-state index contributed by atoms with van der Waals surface area (Å²) in [7, 11) is 0. The standard InChI is InChI=1S/C19H19BrN2O4/c1-10(23)15-16(11-5-7-12(20)8-6-11)22(18(25)17(15)24)14-9-13(26-21-14)19(2,3)4/h5-9,16,24H,1-4H3/t16-/m1/s1. The predicted octanol–water partition coefficient (Wildman–Crippen LogP) is 4.22. The Balaban J connectivity index is 2.13. The first-order valence-corrected chi connectivity index (χ1v) is 8.91. The van der Waals surface area contributed by atoms with Crippen LogP contribution in [0.3, 0.4) is 0 Å². The molecule has 0 bridgehead atoms. The molecule has 7 heteroatoms. The van der Waals surface area contributed by atoms with E-state index in [9.17, 15) is 14.7 Å². The van der Waals surface area contributed by atoms with E-state index in [1.807, 2.05) is 32.9 Å². The van der Waals surface area contributed by atoms with Crippen molar-refractivity contribution in [2.45, 2.75) is 39.2 Å². The molecule has 1 aromatic carbocycles. The number of nitrogens with zero attached hydrogens (tertiary/aromatic N) is 2. The summed E-state index contributed by atoms with van der Waals surface area (Å²) in [5.74, 6) is -0.727. The maximum absolute atomic E-state index is 12.7. The number of halogens is 1. The number of carbonyl (C=O) groups excluding carboxylic acids is 2. The zero-order chi connectivity index (χ0) is 19.2. The quantitative estimate of drug-likeness (QED) is 0.806. The maximum Gasteiger partial charge on any atom is 0.295 e. The van der Waals surface area contributed by atoms with Gasteiger partial charge < -0.3 is 9.63 Å². The van der Waals surface area contributed by atoms with Crippen molar-refractivity contribution in [3.63, 3.8) is 0 Å². The lowest BCUT2D eigenvalue weighted by molar-refractivity contribution is -0.117. The first kappa shape index (κ1) is 18.4. The van der Waals surface area contributed by atoms with Gasteiger partial charge in [0, 0.05) is 16.0 Å². The highest BCUT2D eigenvalue weighted by Crippen LogP contribution is 2.41. The van der Waals surface area contributed by atoms with Crippen LogP contribution >= 0.6 is 15.9 Å². The van der Waals surface area contributed by atoms with E-state index in [4.69, 9.17) is 4.52 Å². The largest absolute Gasteiger partial charge is 0.503 e. The van der Waals surface area contributed by atoms with E-state index in [0.29, 0.717) is 11.3 Å². The molecular formula is C19H19BrN2O4. The topological polar surface area (TPSA) is 83.6 Å². The van der Waals surface area contributed by atoms with Gasteiger partial charge in [0.25, 0.3) is 5.91 Å². The van der Waals surface area contributed by atoms with Crippen molar-refractivity contribution in [3.05, 3.63) is 57.5 Å². The monoisotopic (exact) mass is 418 g/mol. The summed E-state index contributed by atoms with van der Waals surface area (Å²) in [6.07, 6.45) is 0. The van der Waals surface area contributed by atoms with Gasteiger partial charge in [0.1, 0.15) is 5.76 Å². The molecule has 6 nitrogen and oxygen atoms in total. The number of aliphatic hydroxyl groups is 1. The molecule has 26 heavy (non-hydrogen) atoms. The van der Waals surface area contributed by atoms with Gasteiger partial charge in [0.2, 0.25) is 0 Å². The van der Waals surface area contributed by atoms with Crippen molar-refractivity contribution < 1.29 is 19.2 Å². The number of Topliss-reactive ketones (excluding diaryl/α,β-unsaturated/α-hetero) is 1. The maximum atomic E-state index is 12.7. The molecule has 0 saturated heterocycles. The van der Waals surface area contributed by atoms with E-state index in [2.05, 4.69) is 21.1 Å². The van der Waals surface area contributed by atoms with Gasteiger partial charge in [-0.3, -0.25) is 14.5 Å². The van der Waals surface area contributed by atoms with Gasteiger partial charge in [-0.2, -0.15) is 0 Å². The third-order valence-corrected chi connectivity index (χ3v) is 4.79. The molecule has 1 aromatic heterocycles. The molecule has 1 atom stereocenters. The average Bonchev–Trinajstić information content (AvgIpc) is 3.12. The highest BCUT2D eigenvalue weighted by molar-refractivity contribution is 9.10. The van der Waals surface area contributed by atoms with Crippen LogP contribution in [-0.2, 0) is 15.0 Å². The Morgan fingerprint density at radius 1 is 1.27 bits per heavy atom. The van der Waals surface area contributed by atoms with E-state index in [-0.39, 0.29) is 22.6 Å². The van der Waals surface area contributed by atoms with E-state index in [1.54, 1.807) is 18.2 Å². The summed E-state index contributed by atoms with van der Waals surface area (Å²) >= 11 is 3.37. The van der Waals surface area contributed by atoms with Crippen LogP contribution in [0, 0.1) is 0 Å². The van der Waals surface area contributed by atoms with Crippen LogP contribution in [0.25, 0.3) is 0 Å². The van der Waals surface area contributed by atoms with E-state index >= 15 is 0 Å². The summed E-state index contributed by atoms with van der Waals surface area (Å²) in [5.41, 5.74) is 0.453. The number of rotatable bonds is 3. The Bertz CT molecular complexity index is 906. The molecule has 3 rings (SSSR count). The molecule has 1 aliphatic heterocycles. The Labute approximate surface area is 159 Å². The molecule has 136 valence electrons. The van der Waals surface area contributed by atoms with E-state index in [1.165, 1.54) is 11.8 Å². The third-order valence-electron chi connectivity index (χ3n) is 4.26. The first-order valence-electron chi connectivity index (χ1n) is 8.11. The van der Waals surface area contributed by atoms with Crippen molar-refractivity contribution in [1.82, 2.24) is 5.16 Å². The summed E-state index contributed by atoms with van der Waals surface area (Å²) in [6, 6.07) is 8.12. The molecule has 2 heterocycles. The number of hydrogen-bond donors (Lipinski definition) is 1. The van der Waals surface area contributed by atoms with Crippen LogP contribution in [0.2, 0.25) is 0 Å². The number of aliphatic hydroxyl groups excluding tert-OH is 1. The smallest absolute Gasteiger partial charge is 0.295 e. The molecule has 0 saturated carbocycles. The Hall–Kier alpha value is -2.41. The van der Waals surface area contributed by atoms with Crippen LogP contribution in [0.5, 0.6) is 0 Å². The van der Waals surface area contributed by atoms with Gasteiger partial charge in [0.15, 0.2) is 17.4 Å². The van der Waals surface area contributed by atoms with Gasteiger partial charge >= 0.3 is 0 Å². The zero-order valence-corrected chi connectivity index (χ0v) is 16.5. The fraction of sp³-hybridized carbons (Fsp3) is 0.316. The first-order chi connectivity index (χ1) is 12.1. The molecule has 0 aliphatic carbocycles. The van der Waals surface area contributed by atoms with Crippen LogP contribution < -0.4 is 4.90 Å². The third kappa shape index (κ3) is 3.07. The lowest BCUT2D eigenvalue weighted by Crippen LogP contribution is -2.31. The highest BCUT2D eigenvalue weighted by Gasteiger charge is 2.44. The summed E-state index contributed by atoms with van der Waals surface area (Å²) < 4.78 is 6.25. The van der Waals surface area contributed by atoms with Gasteiger partial charge in [-0.25, -0.2) is 0 Å². The van der Waals surface area contributed by atoms with Crippen molar-refractivity contribution in [2.75, 3.05) is 4.90 Å². The second-order valence-corrected chi connectivity index (χ2v) is 8.16. The lowest BCUT2D eigenvalue weighted by Gasteiger charge is -2.24. The zero-order valence-electron chi connectivity index (χ0n) is 14.9. The average molecular weight is 419 g/mol. The molecule has 1 aliphatic rings. The molecule has 0 unspecified atom stereocenters. The molecule has 1 N–H and O–H groups in total. The molecule has 0 radical (unpaired) electrons. The lowest BCUT2D eigenvalue weighted by atomic mass is 9.93. The van der Waals surface area contributed by atoms with Crippen LogP contribution in [0.1, 0.15) is 45.1 Å². The number of amides is 1. The Kier molecular flexibility index (Phi) is 4.52. The Morgan fingerprint density at radius 3 is 2.38 bits per heavy atom. The Morgan fingerprint density at radius 2 is 1.88 bits per heavy atom. The molecule has 1 amide bonds. The molecule has 0 fully saturated rings. The number of hydrogen-bond acceptors (Lipinski definition) is 5. The predicted molar refractivity (Wildman–Crippen MR) is 99.9 cm³/mol. The number of carbonyl (C=O) groups is 2. The van der Waals surface area contributed by atoms with Gasteiger partial charge in [-0.15, -0.1) is 0 Å². The SMILES string of the molecule is CC(=O)C1=C(O)C(=O)N(c2cc(C(C)(C)C)on2)[C@@H]1c1ccc(Br)cc1. The minimum absolute atomic E-state index is 0.0534. The van der Waals surface area contributed by atoms with E-state index in [0.717, 1.165) is 4.47 Å². The fourth-order valence-electron chi connectivity index (χ4n) is 2.89.